The van der Waals surface area contributed by atoms with E-state index in [2.05, 4.69) is 5.32 Å². The molecule has 2 rings (SSSR count). The highest BCUT2D eigenvalue weighted by Crippen LogP contribution is 2.41. The molecule has 0 saturated carbocycles. The number of anilines is 1. The molecule has 0 radical (unpaired) electrons. The van der Waals surface area contributed by atoms with Gasteiger partial charge in [0.05, 0.1) is 12.8 Å². The van der Waals surface area contributed by atoms with Gasteiger partial charge in [-0.25, -0.2) is 0 Å². The number of nitrogens with two attached hydrogens (primary N) is 1. The van der Waals surface area contributed by atoms with Crippen LogP contribution in [0.15, 0.2) is 18.2 Å². The normalized spacial score (nSPS) is 15.6. The number of carbonyl (C=O) groups excluding carboxylic acids is 1. The molecule has 1 aromatic carbocycles. The molecule has 0 spiro atoms. The van der Waals surface area contributed by atoms with E-state index < -0.39 is 0 Å². The third-order valence-corrected chi connectivity index (χ3v) is 3.16. The second-order valence-electron chi connectivity index (χ2n) is 4.39. The Balaban J connectivity index is 2.31. The molecule has 0 fully saturated rings. The molecule has 0 saturated heterocycles. The van der Waals surface area contributed by atoms with Gasteiger partial charge in [-0.3, -0.25) is 4.79 Å². The number of amides is 1. The second-order valence-corrected chi connectivity index (χ2v) is 4.39. The Bertz CT molecular complexity index is 507. The molecule has 4 nitrogen and oxygen atoms in total. The summed E-state index contributed by atoms with van der Waals surface area (Å²) in [5.41, 5.74) is 10.1. The number of hydrogen-bond donors (Lipinski definition) is 2. The van der Waals surface area contributed by atoms with Crippen LogP contribution in [0.5, 0.6) is 5.75 Å². The lowest BCUT2D eigenvalue weighted by Crippen LogP contribution is -2.19. The molecular weight excluding hydrogens is 228 g/mol. The molecule has 0 atom stereocenters. The van der Waals surface area contributed by atoms with Gasteiger partial charge in [-0.15, -0.1) is 0 Å². The predicted molar refractivity (Wildman–Crippen MR) is 72.4 cm³/mol. The summed E-state index contributed by atoms with van der Waals surface area (Å²) < 4.78 is 5.39. The third-order valence-electron chi connectivity index (χ3n) is 3.16. The summed E-state index contributed by atoms with van der Waals surface area (Å²) >= 11 is 0. The molecular formula is C14H18N2O2. The molecule has 18 heavy (non-hydrogen) atoms. The van der Waals surface area contributed by atoms with Crippen molar-refractivity contribution in [2.24, 2.45) is 0 Å². The van der Waals surface area contributed by atoms with Gasteiger partial charge in [0.1, 0.15) is 5.75 Å². The van der Waals surface area contributed by atoms with Gasteiger partial charge in [-0.1, -0.05) is 12.1 Å². The number of aryl methyl sites for hydroxylation is 1. The largest absolute Gasteiger partial charge is 0.494 e. The van der Waals surface area contributed by atoms with Crippen molar-refractivity contribution in [2.45, 2.75) is 19.8 Å². The molecule has 1 aliphatic rings. The zero-order chi connectivity index (χ0) is 13.1. The Labute approximate surface area is 107 Å². The topological polar surface area (TPSA) is 64.3 Å². The van der Waals surface area contributed by atoms with E-state index in [0.29, 0.717) is 12.2 Å². The SMILES string of the molecule is COc1c(N)ccc2c1C(=CCNC(C)=O)CC2. The Hall–Kier alpha value is -1.97. The highest BCUT2D eigenvalue weighted by atomic mass is 16.5. The maximum atomic E-state index is 10.9. The second kappa shape index (κ2) is 5.12. The maximum absolute atomic E-state index is 10.9. The van der Waals surface area contributed by atoms with Crippen molar-refractivity contribution in [3.8, 4) is 5.75 Å². The van der Waals surface area contributed by atoms with Crippen molar-refractivity contribution in [3.63, 3.8) is 0 Å². The first-order chi connectivity index (χ1) is 8.63. The van der Waals surface area contributed by atoms with Crippen LogP contribution in [0.3, 0.4) is 0 Å². The highest BCUT2D eigenvalue weighted by Gasteiger charge is 2.21. The summed E-state index contributed by atoms with van der Waals surface area (Å²) in [5, 5.41) is 2.77. The molecule has 0 heterocycles. The molecule has 3 N–H and O–H groups in total. The van der Waals surface area contributed by atoms with Crippen LogP contribution >= 0.6 is 0 Å². The first kappa shape index (κ1) is 12.5. The lowest BCUT2D eigenvalue weighted by atomic mass is 10.0. The number of hydrogen-bond acceptors (Lipinski definition) is 3. The predicted octanol–water partition coefficient (Wildman–Crippen LogP) is 1.74. The molecule has 0 aromatic heterocycles. The zero-order valence-corrected chi connectivity index (χ0v) is 10.7. The first-order valence-electron chi connectivity index (χ1n) is 6.02. The number of nitrogens with one attached hydrogen (secondary N) is 1. The molecule has 0 unspecified atom stereocenters. The van der Waals surface area contributed by atoms with Gasteiger partial charge in [0, 0.05) is 19.0 Å². The summed E-state index contributed by atoms with van der Waals surface area (Å²) in [6.45, 7) is 2.06. The summed E-state index contributed by atoms with van der Waals surface area (Å²) in [4.78, 5) is 10.9. The Kier molecular flexibility index (Phi) is 3.55. The molecule has 1 amide bonds. The van der Waals surface area contributed by atoms with Crippen LogP contribution in [0, 0.1) is 0 Å². The highest BCUT2D eigenvalue weighted by molar-refractivity contribution is 5.82. The van der Waals surface area contributed by atoms with Crippen LogP contribution in [0.4, 0.5) is 5.69 Å². The quantitative estimate of drug-likeness (QED) is 0.798. The summed E-state index contributed by atoms with van der Waals surface area (Å²) in [5.74, 6) is 0.726. The fraction of sp³-hybridized carbons (Fsp3) is 0.357. The van der Waals surface area contributed by atoms with Crippen molar-refractivity contribution < 1.29 is 9.53 Å². The van der Waals surface area contributed by atoms with Gasteiger partial charge in [-0.2, -0.15) is 0 Å². The van der Waals surface area contributed by atoms with Crippen LogP contribution in [0.1, 0.15) is 24.5 Å². The summed E-state index contributed by atoms with van der Waals surface area (Å²) in [6.07, 6.45) is 4.00. The molecule has 96 valence electrons. The van der Waals surface area contributed by atoms with Gasteiger partial charge in [0.25, 0.3) is 0 Å². The smallest absolute Gasteiger partial charge is 0.217 e. The Morgan fingerprint density at radius 3 is 2.94 bits per heavy atom. The van der Waals surface area contributed by atoms with E-state index >= 15 is 0 Å². The number of carbonyl (C=O) groups is 1. The van der Waals surface area contributed by atoms with Gasteiger partial charge in [-0.05, 0) is 30.0 Å². The number of nitrogen functional groups attached to an aromatic ring is 1. The summed E-state index contributed by atoms with van der Waals surface area (Å²) in [7, 11) is 1.63. The van der Waals surface area contributed by atoms with E-state index in [1.807, 2.05) is 18.2 Å². The first-order valence-corrected chi connectivity index (χ1v) is 6.02. The number of allylic oxidation sites excluding steroid dienone is 1. The number of benzene rings is 1. The Morgan fingerprint density at radius 1 is 1.50 bits per heavy atom. The molecule has 0 aliphatic heterocycles. The average Bonchev–Trinajstić information content (AvgIpc) is 2.72. The van der Waals surface area contributed by atoms with Gasteiger partial charge in [0.15, 0.2) is 0 Å². The van der Waals surface area contributed by atoms with Crippen LogP contribution in [0.2, 0.25) is 0 Å². The van der Waals surface area contributed by atoms with Crippen LogP contribution < -0.4 is 15.8 Å². The summed E-state index contributed by atoms with van der Waals surface area (Å²) in [6, 6.07) is 3.93. The van der Waals surface area contributed by atoms with E-state index in [0.717, 1.165) is 24.2 Å². The standard InChI is InChI=1S/C14H18N2O2/c1-9(17)16-8-7-11-4-3-10-5-6-12(15)14(18-2)13(10)11/h5-7H,3-4,8,15H2,1-2H3,(H,16,17). The number of rotatable bonds is 3. The maximum Gasteiger partial charge on any atom is 0.217 e. The minimum Gasteiger partial charge on any atom is -0.494 e. The van der Waals surface area contributed by atoms with Crippen LogP contribution in [-0.2, 0) is 11.2 Å². The molecule has 4 heteroatoms. The minimum atomic E-state index is -0.0235. The van der Waals surface area contributed by atoms with E-state index in [9.17, 15) is 4.79 Å². The average molecular weight is 246 g/mol. The fourth-order valence-electron chi connectivity index (χ4n) is 2.34. The van der Waals surface area contributed by atoms with Crippen LogP contribution in [0.25, 0.3) is 5.57 Å². The van der Waals surface area contributed by atoms with Crippen molar-refractivity contribution >= 4 is 17.2 Å². The monoisotopic (exact) mass is 246 g/mol. The van der Waals surface area contributed by atoms with E-state index in [1.165, 1.54) is 18.1 Å². The molecule has 1 aromatic rings. The molecule has 0 bridgehead atoms. The van der Waals surface area contributed by atoms with Crippen molar-refractivity contribution in [1.29, 1.82) is 0 Å². The van der Waals surface area contributed by atoms with Crippen molar-refractivity contribution in [3.05, 3.63) is 29.3 Å². The van der Waals surface area contributed by atoms with E-state index in [1.54, 1.807) is 7.11 Å². The number of fused-ring (bicyclic) bond motifs is 1. The van der Waals surface area contributed by atoms with Gasteiger partial charge < -0.3 is 15.8 Å². The lowest BCUT2D eigenvalue weighted by molar-refractivity contribution is -0.118. The Morgan fingerprint density at radius 2 is 2.28 bits per heavy atom. The lowest BCUT2D eigenvalue weighted by Gasteiger charge is -2.11. The molecule has 1 aliphatic carbocycles. The van der Waals surface area contributed by atoms with Gasteiger partial charge >= 0.3 is 0 Å². The number of methoxy groups -OCH3 is 1. The van der Waals surface area contributed by atoms with Crippen molar-refractivity contribution in [2.75, 3.05) is 19.4 Å². The van der Waals surface area contributed by atoms with Crippen LogP contribution in [-0.4, -0.2) is 19.6 Å². The van der Waals surface area contributed by atoms with E-state index in [4.69, 9.17) is 10.5 Å². The third kappa shape index (κ3) is 2.32. The fourth-order valence-corrected chi connectivity index (χ4v) is 2.34. The number of ether oxygens (including phenoxy) is 1. The van der Waals surface area contributed by atoms with Crippen molar-refractivity contribution in [1.82, 2.24) is 5.32 Å². The van der Waals surface area contributed by atoms with E-state index in [-0.39, 0.29) is 5.91 Å². The van der Waals surface area contributed by atoms with Gasteiger partial charge in [0.2, 0.25) is 5.91 Å². The minimum absolute atomic E-state index is 0.0235. The zero-order valence-electron chi connectivity index (χ0n) is 10.7.